The number of benzene rings is 2. The van der Waals surface area contributed by atoms with E-state index < -0.39 is 11.9 Å². The van der Waals surface area contributed by atoms with Gasteiger partial charge >= 0.3 is 0 Å². The number of anilines is 1. The fourth-order valence-electron chi connectivity index (χ4n) is 2.77. The van der Waals surface area contributed by atoms with Crippen LogP contribution in [0.25, 0.3) is 0 Å². The summed E-state index contributed by atoms with van der Waals surface area (Å²) in [6.45, 7) is 2.18. The molecule has 0 aliphatic carbocycles. The van der Waals surface area contributed by atoms with E-state index in [-0.39, 0.29) is 12.7 Å². The van der Waals surface area contributed by atoms with Crippen LogP contribution >= 0.6 is 0 Å². The second kappa shape index (κ2) is 5.15. The maximum Gasteiger partial charge on any atom is 0.268 e. The molecule has 2 aromatic carbocycles. The topological polar surface area (TPSA) is 48.0 Å². The zero-order chi connectivity index (χ0) is 16.0. The number of carbonyl (C=O) groups excluding carboxylic acids is 1. The van der Waals surface area contributed by atoms with Gasteiger partial charge in [-0.15, -0.1) is 0 Å². The SMILES string of the molecule is CC1Oc2ccc(F)cc2N(Cc2ccc3c(c2)OCO3)C1=O. The third-order valence-corrected chi connectivity index (χ3v) is 3.91. The molecule has 0 bridgehead atoms. The molecule has 2 aliphatic rings. The third kappa shape index (κ3) is 2.36. The highest BCUT2D eigenvalue weighted by Gasteiger charge is 2.32. The Morgan fingerprint density at radius 3 is 2.78 bits per heavy atom. The molecular weight excluding hydrogens is 301 g/mol. The van der Waals surface area contributed by atoms with Crippen LogP contribution in [0.2, 0.25) is 0 Å². The molecule has 4 rings (SSSR count). The maximum atomic E-state index is 13.6. The van der Waals surface area contributed by atoms with Gasteiger partial charge < -0.3 is 19.1 Å². The van der Waals surface area contributed by atoms with Crippen molar-refractivity contribution in [3.63, 3.8) is 0 Å². The van der Waals surface area contributed by atoms with E-state index in [1.165, 1.54) is 17.0 Å². The minimum atomic E-state index is -0.609. The summed E-state index contributed by atoms with van der Waals surface area (Å²) >= 11 is 0. The van der Waals surface area contributed by atoms with Gasteiger partial charge in [-0.25, -0.2) is 4.39 Å². The van der Waals surface area contributed by atoms with Crippen LogP contribution < -0.4 is 19.1 Å². The van der Waals surface area contributed by atoms with Crippen molar-refractivity contribution in [1.82, 2.24) is 0 Å². The van der Waals surface area contributed by atoms with E-state index in [2.05, 4.69) is 0 Å². The van der Waals surface area contributed by atoms with Crippen LogP contribution in [0.4, 0.5) is 10.1 Å². The second-order valence-electron chi connectivity index (χ2n) is 5.48. The summed E-state index contributed by atoms with van der Waals surface area (Å²) < 4.78 is 29.8. The molecule has 0 spiro atoms. The molecule has 6 heteroatoms. The van der Waals surface area contributed by atoms with Gasteiger partial charge in [0.1, 0.15) is 11.6 Å². The summed E-state index contributed by atoms with van der Waals surface area (Å²) in [5.74, 6) is 1.21. The fourth-order valence-corrected chi connectivity index (χ4v) is 2.77. The Morgan fingerprint density at radius 1 is 1.13 bits per heavy atom. The van der Waals surface area contributed by atoms with E-state index in [0.29, 0.717) is 29.5 Å². The van der Waals surface area contributed by atoms with E-state index in [1.54, 1.807) is 19.1 Å². The summed E-state index contributed by atoms with van der Waals surface area (Å²) in [5, 5.41) is 0. The summed E-state index contributed by atoms with van der Waals surface area (Å²) in [6, 6.07) is 9.67. The van der Waals surface area contributed by atoms with Crippen molar-refractivity contribution in [2.45, 2.75) is 19.6 Å². The molecule has 0 saturated carbocycles. The fraction of sp³-hybridized carbons (Fsp3) is 0.235. The lowest BCUT2D eigenvalue weighted by molar-refractivity contribution is -0.125. The minimum absolute atomic E-state index is 0.195. The molecule has 0 saturated heterocycles. The van der Waals surface area contributed by atoms with Crippen molar-refractivity contribution in [1.29, 1.82) is 0 Å². The largest absolute Gasteiger partial charge is 0.479 e. The standard InChI is InChI=1S/C17H14FNO4/c1-10-17(20)19(13-7-12(18)3-5-14(13)23-10)8-11-2-4-15-16(6-11)22-9-21-15/h2-7,10H,8-9H2,1H3. The Kier molecular flexibility index (Phi) is 3.11. The molecule has 5 nitrogen and oxygen atoms in total. The lowest BCUT2D eigenvalue weighted by Crippen LogP contribution is -2.44. The zero-order valence-electron chi connectivity index (χ0n) is 12.4. The highest BCUT2D eigenvalue weighted by atomic mass is 19.1. The van der Waals surface area contributed by atoms with Gasteiger partial charge in [-0.3, -0.25) is 4.79 Å². The van der Waals surface area contributed by atoms with Gasteiger partial charge in [0.25, 0.3) is 5.91 Å². The molecule has 2 aliphatic heterocycles. The quantitative estimate of drug-likeness (QED) is 0.855. The van der Waals surface area contributed by atoms with Crippen molar-refractivity contribution in [3.8, 4) is 17.2 Å². The van der Waals surface area contributed by atoms with Crippen molar-refractivity contribution in [2.24, 2.45) is 0 Å². The molecule has 0 radical (unpaired) electrons. The van der Waals surface area contributed by atoms with E-state index >= 15 is 0 Å². The number of halogens is 1. The number of ether oxygens (including phenoxy) is 3. The number of fused-ring (bicyclic) bond motifs is 2. The van der Waals surface area contributed by atoms with Gasteiger partial charge in [0.15, 0.2) is 17.6 Å². The smallest absolute Gasteiger partial charge is 0.268 e. The molecule has 2 aromatic rings. The summed E-state index contributed by atoms with van der Waals surface area (Å²) in [6.07, 6.45) is -0.609. The van der Waals surface area contributed by atoms with Crippen molar-refractivity contribution in [2.75, 3.05) is 11.7 Å². The van der Waals surface area contributed by atoms with Crippen molar-refractivity contribution >= 4 is 11.6 Å². The molecule has 0 N–H and O–H groups in total. The predicted octanol–water partition coefficient (Wildman–Crippen LogP) is 2.87. The Labute approximate surface area is 132 Å². The Balaban J connectivity index is 1.70. The maximum absolute atomic E-state index is 13.6. The van der Waals surface area contributed by atoms with Crippen LogP contribution in [0.5, 0.6) is 17.2 Å². The molecule has 23 heavy (non-hydrogen) atoms. The first kappa shape index (κ1) is 13.9. The lowest BCUT2D eigenvalue weighted by atomic mass is 10.1. The molecule has 118 valence electrons. The number of hydrogen-bond donors (Lipinski definition) is 0. The first-order valence-corrected chi connectivity index (χ1v) is 7.28. The van der Waals surface area contributed by atoms with Crippen LogP contribution in [0.1, 0.15) is 12.5 Å². The monoisotopic (exact) mass is 315 g/mol. The summed E-state index contributed by atoms with van der Waals surface area (Å²) in [4.78, 5) is 14.0. The van der Waals surface area contributed by atoms with E-state index in [0.717, 1.165) is 5.56 Å². The average molecular weight is 315 g/mol. The molecule has 1 atom stereocenters. The number of amides is 1. The van der Waals surface area contributed by atoms with Gasteiger partial charge in [0.05, 0.1) is 12.2 Å². The third-order valence-electron chi connectivity index (χ3n) is 3.91. The van der Waals surface area contributed by atoms with Gasteiger partial charge in [-0.1, -0.05) is 6.07 Å². The average Bonchev–Trinajstić information content (AvgIpc) is 3.00. The van der Waals surface area contributed by atoms with Crippen molar-refractivity contribution < 1.29 is 23.4 Å². The first-order chi connectivity index (χ1) is 11.1. The van der Waals surface area contributed by atoms with Gasteiger partial charge in [0.2, 0.25) is 6.79 Å². The molecular formula is C17H14FNO4. The van der Waals surface area contributed by atoms with Crippen LogP contribution in [-0.4, -0.2) is 18.8 Å². The van der Waals surface area contributed by atoms with Crippen molar-refractivity contribution in [3.05, 3.63) is 47.8 Å². The minimum Gasteiger partial charge on any atom is -0.479 e. The van der Waals surface area contributed by atoms with Gasteiger partial charge in [0, 0.05) is 6.07 Å². The number of nitrogens with zero attached hydrogens (tertiary/aromatic N) is 1. The Bertz CT molecular complexity index is 792. The lowest BCUT2D eigenvalue weighted by Gasteiger charge is -2.33. The molecule has 2 heterocycles. The summed E-state index contributed by atoms with van der Waals surface area (Å²) in [7, 11) is 0. The molecule has 1 amide bonds. The van der Waals surface area contributed by atoms with Crippen LogP contribution in [0, 0.1) is 5.82 Å². The molecule has 0 aromatic heterocycles. The highest BCUT2D eigenvalue weighted by Crippen LogP contribution is 2.37. The highest BCUT2D eigenvalue weighted by molar-refractivity contribution is 5.99. The Hall–Kier alpha value is -2.76. The van der Waals surface area contributed by atoms with Crippen LogP contribution in [0.15, 0.2) is 36.4 Å². The number of carbonyl (C=O) groups is 1. The summed E-state index contributed by atoms with van der Waals surface area (Å²) in [5.41, 5.74) is 1.30. The number of hydrogen-bond acceptors (Lipinski definition) is 4. The van der Waals surface area contributed by atoms with E-state index in [1.807, 2.05) is 12.1 Å². The van der Waals surface area contributed by atoms with Gasteiger partial charge in [-0.05, 0) is 36.8 Å². The Morgan fingerprint density at radius 2 is 1.91 bits per heavy atom. The first-order valence-electron chi connectivity index (χ1n) is 7.28. The zero-order valence-corrected chi connectivity index (χ0v) is 12.4. The molecule has 0 fully saturated rings. The van der Waals surface area contributed by atoms with Gasteiger partial charge in [-0.2, -0.15) is 0 Å². The number of rotatable bonds is 2. The van der Waals surface area contributed by atoms with Crippen LogP contribution in [0.3, 0.4) is 0 Å². The molecule has 1 unspecified atom stereocenters. The normalized spacial score (nSPS) is 18.6. The second-order valence-corrected chi connectivity index (χ2v) is 5.48. The predicted molar refractivity (Wildman–Crippen MR) is 80.2 cm³/mol. The van der Waals surface area contributed by atoms with E-state index in [4.69, 9.17) is 14.2 Å². The van der Waals surface area contributed by atoms with E-state index in [9.17, 15) is 9.18 Å². The van der Waals surface area contributed by atoms with Crippen LogP contribution in [-0.2, 0) is 11.3 Å².